The van der Waals surface area contributed by atoms with Gasteiger partial charge in [-0.15, -0.1) is 0 Å². The number of hydrogen-bond acceptors (Lipinski definition) is 1. The highest BCUT2D eigenvalue weighted by Crippen LogP contribution is 2.42. The van der Waals surface area contributed by atoms with Crippen molar-refractivity contribution < 1.29 is 4.74 Å². The van der Waals surface area contributed by atoms with Crippen LogP contribution >= 0.6 is 11.6 Å². The third-order valence-corrected chi connectivity index (χ3v) is 4.23. The quantitative estimate of drug-likeness (QED) is 0.708. The molecule has 0 saturated heterocycles. The van der Waals surface area contributed by atoms with E-state index in [2.05, 4.69) is 38.1 Å². The van der Waals surface area contributed by atoms with Crippen LogP contribution in [-0.4, -0.2) is 6.10 Å². The van der Waals surface area contributed by atoms with E-state index in [-0.39, 0.29) is 6.10 Å². The summed E-state index contributed by atoms with van der Waals surface area (Å²) in [6.45, 7) is 4.36. The standard InChI is InChI=1S/C19H19ClO/c1-14(2)18-12-13-19(21-18,15-6-4-3-5-7-15)16-8-10-17(20)11-9-16/h3-14,18H,1-2H3. The Morgan fingerprint density at radius 2 is 1.57 bits per heavy atom. The van der Waals surface area contributed by atoms with E-state index in [1.54, 1.807) is 0 Å². The summed E-state index contributed by atoms with van der Waals surface area (Å²) in [7, 11) is 0. The number of rotatable bonds is 3. The average molecular weight is 299 g/mol. The number of benzene rings is 2. The molecule has 2 atom stereocenters. The molecule has 0 radical (unpaired) electrons. The van der Waals surface area contributed by atoms with Crippen molar-refractivity contribution in [2.24, 2.45) is 5.92 Å². The topological polar surface area (TPSA) is 9.23 Å². The lowest BCUT2D eigenvalue weighted by atomic mass is 9.86. The van der Waals surface area contributed by atoms with Crippen molar-refractivity contribution in [3.8, 4) is 0 Å². The molecule has 2 aromatic rings. The highest BCUT2D eigenvalue weighted by Gasteiger charge is 2.39. The largest absolute Gasteiger partial charge is 0.354 e. The minimum Gasteiger partial charge on any atom is -0.354 e. The molecule has 1 heterocycles. The van der Waals surface area contributed by atoms with Crippen molar-refractivity contribution in [3.05, 3.63) is 82.9 Å². The Balaban J connectivity index is 2.09. The molecule has 108 valence electrons. The van der Waals surface area contributed by atoms with Gasteiger partial charge in [-0.05, 0) is 35.3 Å². The maximum atomic E-state index is 6.47. The first kappa shape index (κ1) is 14.4. The van der Waals surface area contributed by atoms with E-state index in [1.165, 1.54) is 0 Å². The Morgan fingerprint density at radius 3 is 2.14 bits per heavy atom. The van der Waals surface area contributed by atoms with Crippen molar-refractivity contribution in [2.75, 3.05) is 0 Å². The van der Waals surface area contributed by atoms with Crippen LogP contribution in [0.5, 0.6) is 0 Å². The van der Waals surface area contributed by atoms with Crippen LogP contribution in [0.2, 0.25) is 5.02 Å². The molecule has 0 spiro atoms. The molecule has 1 aliphatic heterocycles. The minimum atomic E-state index is -0.513. The molecule has 2 aromatic carbocycles. The molecule has 3 rings (SSSR count). The second-order valence-corrected chi connectivity index (χ2v) is 6.23. The van der Waals surface area contributed by atoms with Crippen LogP contribution in [0, 0.1) is 5.92 Å². The van der Waals surface area contributed by atoms with Gasteiger partial charge in [-0.3, -0.25) is 0 Å². The van der Waals surface area contributed by atoms with Crippen molar-refractivity contribution >= 4 is 11.6 Å². The molecule has 0 aliphatic carbocycles. The van der Waals surface area contributed by atoms with Gasteiger partial charge in [0.2, 0.25) is 0 Å². The summed E-state index contributed by atoms with van der Waals surface area (Å²) in [4.78, 5) is 0. The number of ether oxygens (including phenoxy) is 1. The lowest BCUT2D eigenvalue weighted by Crippen LogP contribution is -2.30. The van der Waals surface area contributed by atoms with Gasteiger partial charge < -0.3 is 4.74 Å². The Bertz CT molecular complexity index is 630. The molecule has 1 aliphatic rings. The molecular weight excluding hydrogens is 280 g/mol. The fraction of sp³-hybridized carbons (Fsp3) is 0.263. The van der Waals surface area contributed by atoms with Gasteiger partial charge in [-0.25, -0.2) is 0 Å². The predicted octanol–water partition coefficient (Wildman–Crippen LogP) is 5.19. The second-order valence-electron chi connectivity index (χ2n) is 5.79. The van der Waals surface area contributed by atoms with Crippen molar-refractivity contribution in [2.45, 2.75) is 25.6 Å². The predicted molar refractivity (Wildman–Crippen MR) is 87.5 cm³/mol. The first-order chi connectivity index (χ1) is 10.1. The molecule has 0 N–H and O–H groups in total. The Hall–Kier alpha value is -1.57. The van der Waals surface area contributed by atoms with Crippen molar-refractivity contribution in [1.29, 1.82) is 0 Å². The van der Waals surface area contributed by atoms with Gasteiger partial charge in [0.05, 0.1) is 6.10 Å². The number of hydrogen-bond donors (Lipinski definition) is 0. The maximum Gasteiger partial charge on any atom is 0.137 e. The van der Waals surface area contributed by atoms with E-state index in [9.17, 15) is 0 Å². The monoisotopic (exact) mass is 298 g/mol. The van der Waals surface area contributed by atoms with Gasteiger partial charge in [0.15, 0.2) is 0 Å². The third-order valence-electron chi connectivity index (χ3n) is 3.98. The summed E-state index contributed by atoms with van der Waals surface area (Å²) < 4.78 is 6.47. The first-order valence-corrected chi connectivity index (χ1v) is 7.68. The van der Waals surface area contributed by atoms with Gasteiger partial charge in [0.25, 0.3) is 0 Å². The molecule has 1 nitrogen and oxygen atoms in total. The van der Waals surface area contributed by atoms with Crippen LogP contribution < -0.4 is 0 Å². The van der Waals surface area contributed by atoms with E-state index in [4.69, 9.17) is 16.3 Å². The number of halogens is 1. The van der Waals surface area contributed by atoms with Crippen molar-refractivity contribution in [3.63, 3.8) is 0 Å². The zero-order valence-corrected chi connectivity index (χ0v) is 13.0. The zero-order valence-electron chi connectivity index (χ0n) is 12.3. The van der Waals surface area contributed by atoms with E-state index in [0.717, 1.165) is 16.1 Å². The van der Waals surface area contributed by atoms with Crippen LogP contribution in [0.25, 0.3) is 0 Å². The molecule has 2 unspecified atom stereocenters. The fourth-order valence-electron chi connectivity index (χ4n) is 2.76. The Morgan fingerprint density at radius 1 is 0.952 bits per heavy atom. The normalized spacial score (nSPS) is 24.7. The smallest absolute Gasteiger partial charge is 0.137 e. The zero-order chi connectivity index (χ0) is 14.9. The van der Waals surface area contributed by atoms with Gasteiger partial charge in [0.1, 0.15) is 5.60 Å². The summed E-state index contributed by atoms with van der Waals surface area (Å²) in [6, 6.07) is 18.3. The summed E-state index contributed by atoms with van der Waals surface area (Å²) in [6.07, 6.45) is 4.48. The molecule has 2 heteroatoms. The first-order valence-electron chi connectivity index (χ1n) is 7.30. The lowest BCUT2D eigenvalue weighted by molar-refractivity contribution is -0.0194. The van der Waals surface area contributed by atoms with Gasteiger partial charge in [0, 0.05) is 5.02 Å². The third kappa shape index (κ3) is 2.64. The van der Waals surface area contributed by atoms with Crippen LogP contribution in [0.1, 0.15) is 25.0 Å². The summed E-state index contributed by atoms with van der Waals surface area (Å²) in [5, 5.41) is 0.740. The van der Waals surface area contributed by atoms with Crippen LogP contribution in [0.4, 0.5) is 0 Å². The fourth-order valence-corrected chi connectivity index (χ4v) is 2.89. The second kappa shape index (κ2) is 5.67. The molecule has 0 amide bonds. The van der Waals surface area contributed by atoms with E-state index in [0.29, 0.717) is 5.92 Å². The minimum absolute atomic E-state index is 0.126. The van der Waals surface area contributed by atoms with E-state index < -0.39 is 5.60 Å². The van der Waals surface area contributed by atoms with Gasteiger partial charge in [-0.1, -0.05) is 74.0 Å². The van der Waals surface area contributed by atoms with Crippen molar-refractivity contribution in [1.82, 2.24) is 0 Å². The SMILES string of the molecule is CC(C)C1C=CC(c2ccccc2)(c2ccc(Cl)cc2)O1. The Labute approximate surface area is 131 Å². The lowest BCUT2D eigenvalue weighted by Gasteiger charge is -2.31. The highest BCUT2D eigenvalue weighted by atomic mass is 35.5. The maximum absolute atomic E-state index is 6.47. The molecule has 0 aromatic heterocycles. The highest BCUT2D eigenvalue weighted by molar-refractivity contribution is 6.30. The molecule has 0 saturated carbocycles. The van der Waals surface area contributed by atoms with E-state index in [1.807, 2.05) is 42.5 Å². The van der Waals surface area contributed by atoms with E-state index >= 15 is 0 Å². The summed E-state index contributed by atoms with van der Waals surface area (Å²) in [5.74, 6) is 0.444. The van der Waals surface area contributed by atoms with Gasteiger partial charge >= 0.3 is 0 Å². The van der Waals surface area contributed by atoms with Gasteiger partial charge in [-0.2, -0.15) is 0 Å². The van der Waals surface area contributed by atoms with Crippen LogP contribution in [0.15, 0.2) is 66.7 Å². The Kier molecular flexibility index (Phi) is 3.88. The van der Waals surface area contributed by atoms with Crippen LogP contribution in [0.3, 0.4) is 0 Å². The molecule has 21 heavy (non-hydrogen) atoms. The molecule has 0 bridgehead atoms. The summed E-state index contributed by atoms with van der Waals surface area (Å²) >= 11 is 6.03. The average Bonchev–Trinajstić information content (AvgIpc) is 2.96. The molecular formula is C19H19ClO. The summed E-state index contributed by atoms with van der Waals surface area (Å²) in [5.41, 5.74) is 1.74. The molecule has 0 fully saturated rings. The van der Waals surface area contributed by atoms with Crippen LogP contribution in [-0.2, 0) is 10.3 Å².